The van der Waals surface area contributed by atoms with Crippen molar-refractivity contribution in [2.24, 2.45) is 13.0 Å². The lowest BCUT2D eigenvalue weighted by Gasteiger charge is -2.13. The summed E-state index contributed by atoms with van der Waals surface area (Å²) in [5.74, 6) is 1.68. The van der Waals surface area contributed by atoms with Crippen molar-refractivity contribution in [1.82, 2.24) is 25.5 Å². The largest absolute Gasteiger partial charge is 0.493 e. The van der Waals surface area contributed by atoms with E-state index in [4.69, 9.17) is 4.74 Å². The van der Waals surface area contributed by atoms with Gasteiger partial charge in [-0.3, -0.25) is 4.79 Å². The van der Waals surface area contributed by atoms with Crippen molar-refractivity contribution in [3.63, 3.8) is 0 Å². The number of rotatable bonds is 5. The highest BCUT2D eigenvalue weighted by molar-refractivity contribution is 7.99. The minimum Gasteiger partial charge on any atom is -0.493 e. The first-order chi connectivity index (χ1) is 11.2. The lowest BCUT2D eigenvalue weighted by Crippen LogP contribution is -2.33. The van der Waals surface area contributed by atoms with E-state index in [-0.39, 0.29) is 11.8 Å². The Bertz CT molecular complexity index is 675. The second-order valence-electron chi connectivity index (χ2n) is 5.37. The summed E-state index contributed by atoms with van der Waals surface area (Å²) in [7, 11) is 1.80. The number of nitrogens with zero attached hydrogens (tertiary/aromatic N) is 4. The molecule has 1 amide bonds. The van der Waals surface area contributed by atoms with Gasteiger partial charge >= 0.3 is 0 Å². The number of thioether (sulfide) groups is 1. The van der Waals surface area contributed by atoms with E-state index in [1.807, 2.05) is 24.3 Å². The van der Waals surface area contributed by atoms with Crippen LogP contribution in [0.5, 0.6) is 5.75 Å². The molecule has 3 rings (SSSR count). The van der Waals surface area contributed by atoms with Crippen molar-refractivity contribution in [3.8, 4) is 5.75 Å². The number of hydrogen-bond donors (Lipinski definition) is 1. The first-order valence-electron chi connectivity index (χ1n) is 7.57. The van der Waals surface area contributed by atoms with E-state index in [1.54, 1.807) is 11.7 Å². The molecule has 0 unspecified atom stereocenters. The van der Waals surface area contributed by atoms with Crippen LogP contribution in [0.2, 0.25) is 0 Å². The maximum Gasteiger partial charge on any atom is 0.223 e. The molecule has 0 fully saturated rings. The summed E-state index contributed by atoms with van der Waals surface area (Å²) >= 11 is 1.52. The van der Waals surface area contributed by atoms with E-state index < -0.39 is 0 Å². The van der Waals surface area contributed by atoms with Gasteiger partial charge < -0.3 is 10.1 Å². The highest BCUT2D eigenvalue weighted by Gasteiger charge is 2.23. The van der Waals surface area contributed by atoms with Gasteiger partial charge in [-0.05, 0) is 34.9 Å². The summed E-state index contributed by atoms with van der Waals surface area (Å²) in [5.41, 5.74) is 1.10. The van der Waals surface area contributed by atoms with E-state index >= 15 is 0 Å². The van der Waals surface area contributed by atoms with Gasteiger partial charge in [0.25, 0.3) is 0 Å². The van der Waals surface area contributed by atoms with Crippen LogP contribution in [0, 0.1) is 5.92 Å². The zero-order valence-electron chi connectivity index (χ0n) is 12.9. The molecule has 0 bridgehead atoms. The molecule has 2 heterocycles. The van der Waals surface area contributed by atoms with Crippen molar-refractivity contribution < 1.29 is 9.53 Å². The zero-order chi connectivity index (χ0) is 16.1. The predicted molar refractivity (Wildman–Crippen MR) is 86.3 cm³/mol. The van der Waals surface area contributed by atoms with Crippen molar-refractivity contribution in [1.29, 1.82) is 0 Å². The molecule has 1 aromatic heterocycles. The summed E-state index contributed by atoms with van der Waals surface area (Å²) in [6, 6.07) is 7.92. The summed E-state index contributed by atoms with van der Waals surface area (Å²) in [6.45, 7) is 1.17. The van der Waals surface area contributed by atoms with Crippen LogP contribution in [0.1, 0.15) is 12.0 Å². The van der Waals surface area contributed by atoms with Crippen LogP contribution in [0.25, 0.3) is 0 Å². The van der Waals surface area contributed by atoms with Gasteiger partial charge in [-0.1, -0.05) is 30.0 Å². The van der Waals surface area contributed by atoms with E-state index in [2.05, 4.69) is 20.8 Å². The SMILES string of the molecule is Cn1nnnc1SCCNC(=O)[C@@H]1CCOc2ccccc2C1. The fraction of sp³-hybridized carbons (Fsp3) is 0.467. The molecule has 23 heavy (non-hydrogen) atoms. The predicted octanol–water partition coefficient (Wildman–Crippen LogP) is 1.06. The number of carbonyl (C=O) groups excluding carboxylic acids is 1. The molecule has 0 aliphatic carbocycles. The number of aromatic nitrogens is 4. The second kappa shape index (κ2) is 7.45. The Morgan fingerprint density at radius 2 is 2.35 bits per heavy atom. The molecule has 1 N–H and O–H groups in total. The number of ether oxygens (including phenoxy) is 1. The van der Waals surface area contributed by atoms with Crippen molar-refractivity contribution in [3.05, 3.63) is 29.8 Å². The van der Waals surface area contributed by atoms with E-state index in [1.165, 1.54) is 11.8 Å². The highest BCUT2D eigenvalue weighted by Crippen LogP contribution is 2.26. The molecule has 0 saturated heterocycles. The van der Waals surface area contributed by atoms with Crippen molar-refractivity contribution in [2.45, 2.75) is 18.0 Å². The average Bonchev–Trinajstić information content (AvgIpc) is 2.84. The molecule has 1 aromatic carbocycles. The molecule has 8 heteroatoms. The molecule has 0 spiro atoms. The van der Waals surface area contributed by atoms with Crippen LogP contribution in [-0.2, 0) is 18.3 Å². The number of tetrazole rings is 1. The number of carbonyl (C=O) groups is 1. The first kappa shape index (κ1) is 15.8. The monoisotopic (exact) mass is 333 g/mol. The van der Waals surface area contributed by atoms with Gasteiger partial charge in [0, 0.05) is 25.3 Å². The maximum absolute atomic E-state index is 12.4. The Morgan fingerprint density at radius 1 is 1.48 bits per heavy atom. The van der Waals surface area contributed by atoms with Crippen molar-refractivity contribution in [2.75, 3.05) is 18.9 Å². The smallest absolute Gasteiger partial charge is 0.223 e. The Hall–Kier alpha value is -2.09. The molecule has 7 nitrogen and oxygen atoms in total. The number of para-hydroxylation sites is 1. The molecule has 1 atom stereocenters. The average molecular weight is 333 g/mol. The topological polar surface area (TPSA) is 81.9 Å². The molecule has 0 saturated carbocycles. The van der Waals surface area contributed by atoms with Gasteiger partial charge in [-0.15, -0.1) is 5.10 Å². The molecule has 1 aliphatic heterocycles. The number of aryl methyl sites for hydroxylation is 1. The lowest BCUT2D eigenvalue weighted by atomic mass is 9.96. The van der Waals surface area contributed by atoms with Gasteiger partial charge in [0.2, 0.25) is 11.1 Å². The summed E-state index contributed by atoms with van der Waals surface area (Å²) in [4.78, 5) is 12.4. The Kier molecular flexibility index (Phi) is 5.12. The standard InChI is InChI=1S/C15H19N5O2S/c1-20-15(17-18-19-20)23-9-7-16-14(21)12-6-8-22-13-5-3-2-4-11(13)10-12/h2-5,12H,6-10H2,1H3,(H,16,21)/t12-/m1/s1. The molecular formula is C15H19N5O2S. The molecular weight excluding hydrogens is 314 g/mol. The van der Waals surface area contributed by atoms with Crippen LogP contribution in [0.15, 0.2) is 29.4 Å². The maximum atomic E-state index is 12.4. The summed E-state index contributed by atoms with van der Waals surface area (Å²) in [6.07, 6.45) is 1.46. The molecule has 122 valence electrons. The minimum atomic E-state index is -0.0415. The summed E-state index contributed by atoms with van der Waals surface area (Å²) in [5, 5.41) is 15.0. The number of amides is 1. The molecule has 2 aromatic rings. The van der Waals surface area contributed by atoms with Gasteiger partial charge in [0.1, 0.15) is 5.75 Å². The third kappa shape index (κ3) is 4.01. The zero-order valence-corrected chi connectivity index (χ0v) is 13.8. The van der Waals surface area contributed by atoms with E-state index in [0.29, 0.717) is 13.2 Å². The first-order valence-corrected chi connectivity index (χ1v) is 8.56. The molecule has 1 aliphatic rings. The van der Waals surface area contributed by atoms with Gasteiger partial charge in [0.05, 0.1) is 6.61 Å². The quantitative estimate of drug-likeness (QED) is 0.651. The highest BCUT2D eigenvalue weighted by atomic mass is 32.2. The normalized spacial score (nSPS) is 17.0. The van der Waals surface area contributed by atoms with Crippen LogP contribution < -0.4 is 10.1 Å². The molecule has 0 radical (unpaired) electrons. The third-order valence-corrected chi connectivity index (χ3v) is 4.76. The van der Waals surface area contributed by atoms with Crippen LogP contribution >= 0.6 is 11.8 Å². The van der Waals surface area contributed by atoms with Gasteiger partial charge in [-0.25, -0.2) is 4.68 Å². The van der Waals surface area contributed by atoms with E-state index in [0.717, 1.165) is 35.1 Å². The van der Waals surface area contributed by atoms with Crippen LogP contribution in [0.4, 0.5) is 0 Å². The number of nitrogens with one attached hydrogen (secondary N) is 1. The van der Waals surface area contributed by atoms with Gasteiger partial charge in [0.15, 0.2) is 0 Å². The minimum absolute atomic E-state index is 0.0415. The fourth-order valence-corrected chi connectivity index (χ4v) is 3.22. The van der Waals surface area contributed by atoms with Crippen LogP contribution in [0.3, 0.4) is 0 Å². The second-order valence-corrected chi connectivity index (χ2v) is 6.43. The number of benzene rings is 1. The number of hydrogen-bond acceptors (Lipinski definition) is 6. The van der Waals surface area contributed by atoms with Crippen molar-refractivity contribution >= 4 is 17.7 Å². The lowest BCUT2D eigenvalue weighted by molar-refractivity contribution is -0.125. The Morgan fingerprint density at radius 3 is 3.17 bits per heavy atom. The Labute approximate surface area is 138 Å². The van der Waals surface area contributed by atoms with Crippen LogP contribution in [-0.4, -0.2) is 45.0 Å². The van der Waals surface area contributed by atoms with E-state index in [9.17, 15) is 4.79 Å². The third-order valence-electron chi connectivity index (χ3n) is 3.75. The number of fused-ring (bicyclic) bond motifs is 1. The summed E-state index contributed by atoms with van der Waals surface area (Å²) < 4.78 is 7.32. The Balaban J connectivity index is 1.48. The van der Waals surface area contributed by atoms with Gasteiger partial charge in [-0.2, -0.15) is 0 Å². The fourth-order valence-electron chi connectivity index (χ4n) is 2.52.